The van der Waals surface area contributed by atoms with Crippen LogP contribution >= 0.6 is 11.8 Å². The molecule has 0 radical (unpaired) electrons. The van der Waals surface area contributed by atoms with Crippen molar-refractivity contribution in [3.8, 4) is 11.8 Å². The Morgan fingerprint density at radius 1 is 1.42 bits per heavy atom. The Bertz CT molecular complexity index is 635. The summed E-state index contributed by atoms with van der Waals surface area (Å²) >= 11 is 1.70. The van der Waals surface area contributed by atoms with E-state index >= 15 is 0 Å². The molecule has 1 fully saturated rings. The highest BCUT2D eigenvalue weighted by Crippen LogP contribution is 2.39. The van der Waals surface area contributed by atoms with Crippen LogP contribution in [0.15, 0.2) is 35.4 Å². The lowest BCUT2D eigenvalue weighted by atomic mass is 10.2. The minimum absolute atomic E-state index is 0.639. The summed E-state index contributed by atoms with van der Waals surface area (Å²) in [5.74, 6) is 1.60. The van der Waals surface area contributed by atoms with Gasteiger partial charge in [-0.05, 0) is 36.8 Å². The van der Waals surface area contributed by atoms with E-state index in [2.05, 4.69) is 24.2 Å². The van der Waals surface area contributed by atoms with E-state index in [1.54, 1.807) is 11.8 Å². The minimum Gasteiger partial charge on any atom is -0.239 e. The molecule has 0 bridgehead atoms. The lowest BCUT2D eigenvalue weighted by molar-refractivity contribution is 0.832. The van der Waals surface area contributed by atoms with Crippen molar-refractivity contribution in [3.05, 3.63) is 41.7 Å². The number of hydrogen-bond acceptors (Lipinski definition) is 3. The van der Waals surface area contributed by atoms with Gasteiger partial charge in [-0.15, -0.1) is 11.8 Å². The van der Waals surface area contributed by atoms with Gasteiger partial charge in [0.05, 0.1) is 16.9 Å². The third kappa shape index (κ3) is 2.39. The van der Waals surface area contributed by atoms with Crippen molar-refractivity contribution in [2.45, 2.75) is 30.6 Å². The lowest BCUT2D eigenvalue weighted by Crippen LogP contribution is -2.00. The summed E-state index contributed by atoms with van der Waals surface area (Å²) in [6, 6.07) is 10.3. The zero-order valence-electron chi connectivity index (χ0n) is 10.8. The van der Waals surface area contributed by atoms with E-state index in [9.17, 15) is 5.26 Å². The van der Waals surface area contributed by atoms with Crippen LogP contribution in [-0.2, 0) is 0 Å². The molecule has 4 heteroatoms. The maximum atomic E-state index is 9.41. The van der Waals surface area contributed by atoms with Crippen LogP contribution in [0.2, 0.25) is 0 Å². The first kappa shape index (κ1) is 12.3. The van der Waals surface area contributed by atoms with Gasteiger partial charge in [-0.3, -0.25) is 0 Å². The predicted molar refractivity (Wildman–Crippen MR) is 76.7 cm³/mol. The second-order valence-corrected chi connectivity index (χ2v) is 5.96. The predicted octanol–water partition coefficient (Wildman–Crippen LogP) is 3.73. The van der Waals surface area contributed by atoms with Gasteiger partial charge in [0.2, 0.25) is 0 Å². The van der Waals surface area contributed by atoms with Crippen molar-refractivity contribution in [1.82, 2.24) is 9.78 Å². The van der Waals surface area contributed by atoms with Gasteiger partial charge < -0.3 is 0 Å². The van der Waals surface area contributed by atoms with Gasteiger partial charge in [-0.2, -0.15) is 10.4 Å². The molecule has 19 heavy (non-hydrogen) atoms. The summed E-state index contributed by atoms with van der Waals surface area (Å²) in [6.07, 6.45) is 4.45. The molecular weight excluding hydrogens is 254 g/mol. The molecule has 1 aromatic heterocycles. The van der Waals surface area contributed by atoms with Crippen LogP contribution in [0.1, 0.15) is 36.9 Å². The highest BCUT2D eigenvalue weighted by atomic mass is 32.2. The minimum atomic E-state index is 0.639. The molecule has 3 nitrogen and oxygen atoms in total. The fraction of sp³-hybridized carbons (Fsp3) is 0.333. The van der Waals surface area contributed by atoms with Gasteiger partial charge in [0.15, 0.2) is 0 Å². The second kappa shape index (κ2) is 5.10. The molecule has 0 saturated heterocycles. The maximum Gasteiger partial charge on any atom is 0.103 e. The van der Waals surface area contributed by atoms with Crippen LogP contribution in [0.4, 0.5) is 0 Å². The van der Waals surface area contributed by atoms with E-state index in [0.29, 0.717) is 5.92 Å². The molecule has 0 atom stereocenters. The smallest absolute Gasteiger partial charge is 0.103 e. The Morgan fingerprint density at radius 2 is 2.26 bits per heavy atom. The second-order valence-electron chi connectivity index (χ2n) is 4.65. The normalized spacial score (nSPS) is 14.3. The molecule has 0 amide bonds. The Balaban J connectivity index is 2.02. The van der Waals surface area contributed by atoms with Crippen molar-refractivity contribution >= 4 is 11.8 Å². The zero-order chi connectivity index (χ0) is 13.2. The van der Waals surface area contributed by atoms with Crippen molar-refractivity contribution in [3.63, 3.8) is 0 Å². The van der Waals surface area contributed by atoms with Gasteiger partial charge in [-0.25, -0.2) is 4.68 Å². The third-order valence-electron chi connectivity index (χ3n) is 3.27. The van der Waals surface area contributed by atoms with E-state index in [-0.39, 0.29) is 0 Å². The van der Waals surface area contributed by atoms with Crippen LogP contribution < -0.4 is 0 Å². The van der Waals surface area contributed by atoms with Crippen molar-refractivity contribution in [2.75, 3.05) is 5.75 Å². The largest absolute Gasteiger partial charge is 0.239 e. The number of aromatic nitrogens is 2. The maximum absolute atomic E-state index is 9.41. The van der Waals surface area contributed by atoms with Crippen molar-refractivity contribution in [2.24, 2.45) is 0 Å². The van der Waals surface area contributed by atoms with Gasteiger partial charge in [0.25, 0.3) is 0 Å². The number of thioether (sulfide) groups is 1. The molecule has 1 heterocycles. The summed E-state index contributed by atoms with van der Waals surface area (Å²) in [4.78, 5) is 1.03. The monoisotopic (exact) mass is 269 g/mol. The highest BCUT2D eigenvalue weighted by molar-refractivity contribution is 7.99. The molecule has 0 spiro atoms. The average Bonchev–Trinajstić information content (AvgIpc) is 3.17. The topological polar surface area (TPSA) is 41.6 Å². The molecular formula is C15H15N3S. The quantitative estimate of drug-likeness (QED) is 0.794. The van der Waals surface area contributed by atoms with Crippen LogP contribution in [0, 0.1) is 11.3 Å². The van der Waals surface area contributed by atoms with E-state index in [4.69, 9.17) is 0 Å². The molecule has 0 unspecified atom stereocenters. The van der Waals surface area contributed by atoms with Gasteiger partial charge in [-0.1, -0.05) is 13.0 Å². The van der Waals surface area contributed by atoms with E-state index < -0.39 is 0 Å². The summed E-state index contributed by atoms with van der Waals surface area (Å²) in [5.41, 5.74) is 2.75. The fourth-order valence-corrected chi connectivity index (χ4v) is 2.95. The Morgan fingerprint density at radius 3 is 2.95 bits per heavy atom. The lowest BCUT2D eigenvalue weighted by Gasteiger charge is -2.08. The molecule has 1 aliphatic carbocycles. The van der Waals surface area contributed by atoms with Crippen LogP contribution in [-0.4, -0.2) is 15.5 Å². The molecule has 3 rings (SSSR count). The number of nitrogens with zero attached hydrogens (tertiary/aromatic N) is 3. The van der Waals surface area contributed by atoms with Crippen molar-refractivity contribution < 1.29 is 0 Å². The van der Waals surface area contributed by atoms with Gasteiger partial charge in [0, 0.05) is 17.0 Å². The van der Waals surface area contributed by atoms with E-state index in [1.807, 2.05) is 29.1 Å². The SMILES string of the molecule is CCSc1cccc(-n2ccc(C3CC3)n2)c1C#N. The Kier molecular flexibility index (Phi) is 3.31. The first-order valence-corrected chi connectivity index (χ1v) is 7.54. The number of nitriles is 1. The number of benzene rings is 1. The van der Waals surface area contributed by atoms with E-state index in [1.165, 1.54) is 12.8 Å². The van der Waals surface area contributed by atoms with Gasteiger partial charge in [0.1, 0.15) is 6.07 Å². The number of hydrogen-bond donors (Lipinski definition) is 0. The zero-order valence-corrected chi connectivity index (χ0v) is 11.7. The summed E-state index contributed by atoms with van der Waals surface area (Å²) < 4.78 is 1.84. The molecule has 1 saturated carbocycles. The summed E-state index contributed by atoms with van der Waals surface area (Å²) in [6.45, 7) is 2.09. The Hall–Kier alpha value is -1.73. The molecule has 96 valence electrons. The molecule has 1 aliphatic rings. The van der Waals surface area contributed by atoms with Crippen LogP contribution in [0.3, 0.4) is 0 Å². The standard InChI is InChI=1S/C15H15N3S/c1-2-19-15-5-3-4-14(12(15)10-16)18-9-8-13(17-18)11-6-7-11/h3-5,8-9,11H,2,6-7H2,1H3. The van der Waals surface area contributed by atoms with Crippen LogP contribution in [0.25, 0.3) is 5.69 Å². The molecule has 0 N–H and O–H groups in total. The van der Waals surface area contributed by atoms with Crippen molar-refractivity contribution in [1.29, 1.82) is 5.26 Å². The third-order valence-corrected chi connectivity index (χ3v) is 4.21. The number of rotatable bonds is 4. The molecule has 1 aromatic carbocycles. The summed E-state index contributed by atoms with van der Waals surface area (Å²) in [7, 11) is 0. The fourth-order valence-electron chi connectivity index (χ4n) is 2.17. The van der Waals surface area contributed by atoms with Crippen LogP contribution in [0.5, 0.6) is 0 Å². The highest BCUT2D eigenvalue weighted by Gasteiger charge is 2.26. The Labute approximate surface area is 117 Å². The molecule has 0 aliphatic heterocycles. The first-order valence-electron chi connectivity index (χ1n) is 6.55. The average molecular weight is 269 g/mol. The first-order chi connectivity index (χ1) is 9.33. The van der Waals surface area contributed by atoms with E-state index in [0.717, 1.165) is 27.6 Å². The summed E-state index contributed by atoms with van der Waals surface area (Å²) in [5, 5.41) is 14.0. The molecule has 2 aromatic rings. The van der Waals surface area contributed by atoms with Gasteiger partial charge >= 0.3 is 0 Å².